The molecule has 8 heteroatoms. The Kier molecular flexibility index (Phi) is 5.54. The standard InChI is InChI=1S/C13H22N2O4S2/c1-4-13(5-2,10-14)15-21(18,19)12-8-6-11(7-9-12)20(3,16)17/h6-9,15H,4-5,10,14H2,1-3H3. The van der Waals surface area contributed by atoms with Crippen molar-refractivity contribution >= 4 is 19.9 Å². The minimum atomic E-state index is -3.74. The molecule has 3 N–H and O–H groups in total. The molecule has 0 atom stereocenters. The summed E-state index contributed by atoms with van der Waals surface area (Å²) in [5.74, 6) is 0. The van der Waals surface area contributed by atoms with E-state index in [-0.39, 0.29) is 16.3 Å². The van der Waals surface area contributed by atoms with Gasteiger partial charge >= 0.3 is 0 Å². The molecule has 1 aromatic carbocycles. The van der Waals surface area contributed by atoms with Gasteiger partial charge in [0.05, 0.1) is 9.79 Å². The van der Waals surface area contributed by atoms with E-state index < -0.39 is 25.4 Å². The first-order chi connectivity index (χ1) is 9.60. The zero-order valence-electron chi connectivity index (χ0n) is 12.5. The molecule has 0 saturated carbocycles. The molecule has 0 unspecified atom stereocenters. The monoisotopic (exact) mass is 334 g/mol. The second-order valence-electron chi connectivity index (χ2n) is 5.04. The van der Waals surface area contributed by atoms with Crippen LogP contribution in [0.1, 0.15) is 26.7 Å². The van der Waals surface area contributed by atoms with Gasteiger partial charge in [-0.05, 0) is 37.1 Å². The lowest BCUT2D eigenvalue weighted by Crippen LogP contribution is -2.52. The third-order valence-electron chi connectivity index (χ3n) is 3.66. The molecule has 0 aliphatic rings. The van der Waals surface area contributed by atoms with E-state index in [1.807, 2.05) is 13.8 Å². The highest BCUT2D eigenvalue weighted by Gasteiger charge is 2.30. The molecule has 0 radical (unpaired) electrons. The van der Waals surface area contributed by atoms with Crippen LogP contribution < -0.4 is 10.5 Å². The predicted molar refractivity (Wildman–Crippen MR) is 82.2 cm³/mol. The lowest BCUT2D eigenvalue weighted by atomic mass is 9.95. The normalized spacial score (nSPS) is 13.3. The number of rotatable bonds is 7. The fourth-order valence-electron chi connectivity index (χ4n) is 1.93. The van der Waals surface area contributed by atoms with Gasteiger partial charge in [0.25, 0.3) is 0 Å². The van der Waals surface area contributed by atoms with Gasteiger partial charge in [-0.25, -0.2) is 21.6 Å². The van der Waals surface area contributed by atoms with Crippen molar-refractivity contribution in [2.75, 3.05) is 12.8 Å². The highest BCUT2D eigenvalue weighted by molar-refractivity contribution is 7.90. The van der Waals surface area contributed by atoms with Crippen molar-refractivity contribution < 1.29 is 16.8 Å². The van der Waals surface area contributed by atoms with Crippen LogP contribution in [0.2, 0.25) is 0 Å². The van der Waals surface area contributed by atoms with Crippen molar-refractivity contribution in [2.45, 2.75) is 42.0 Å². The molecule has 0 fully saturated rings. The van der Waals surface area contributed by atoms with Gasteiger partial charge in [-0.2, -0.15) is 0 Å². The third kappa shape index (κ3) is 4.26. The summed E-state index contributed by atoms with van der Waals surface area (Å²) in [5.41, 5.74) is 5.00. The maximum Gasteiger partial charge on any atom is 0.241 e. The van der Waals surface area contributed by atoms with Gasteiger partial charge in [0, 0.05) is 18.3 Å². The lowest BCUT2D eigenvalue weighted by Gasteiger charge is -2.31. The summed E-state index contributed by atoms with van der Waals surface area (Å²) < 4.78 is 50.1. The van der Waals surface area contributed by atoms with E-state index in [1.54, 1.807) is 0 Å². The Morgan fingerprint density at radius 1 is 1.00 bits per heavy atom. The van der Waals surface area contributed by atoms with Crippen LogP contribution in [0.25, 0.3) is 0 Å². The van der Waals surface area contributed by atoms with E-state index in [0.29, 0.717) is 12.8 Å². The molecule has 21 heavy (non-hydrogen) atoms. The van der Waals surface area contributed by atoms with Gasteiger partial charge in [0.15, 0.2) is 9.84 Å². The number of benzene rings is 1. The Hall–Kier alpha value is -0.960. The van der Waals surface area contributed by atoms with Gasteiger partial charge in [-0.3, -0.25) is 0 Å². The first-order valence-corrected chi connectivity index (χ1v) is 10.0. The molecule has 0 aliphatic heterocycles. The zero-order valence-corrected chi connectivity index (χ0v) is 14.1. The summed E-state index contributed by atoms with van der Waals surface area (Å²) in [6, 6.07) is 5.13. The van der Waals surface area contributed by atoms with Crippen molar-refractivity contribution in [2.24, 2.45) is 5.73 Å². The summed E-state index contributed by atoms with van der Waals surface area (Å²) in [5, 5.41) is 0. The second kappa shape index (κ2) is 6.43. The topological polar surface area (TPSA) is 106 Å². The van der Waals surface area contributed by atoms with Crippen LogP contribution in [-0.4, -0.2) is 35.2 Å². The molecule has 0 bridgehead atoms. The van der Waals surface area contributed by atoms with E-state index in [4.69, 9.17) is 5.73 Å². The minimum Gasteiger partial charge on any atom is -0.329 e. The molecule has 0 spiro atoms. The third-order valence-corrected chi connectivity index (χ3v) is 6.38. The SMILES string of the molecule is CCC(CC)(CN)NS(=O)(=O)c1ccc(S(C)(=O)=O)cc1. The van der Waals surface area contributed by atoms with Crippen molar-refractivity contribution in [3.05, 3.63) is 24.3 Å². The number of hydrogen-bond acceptors (Lipinski definition) is 5. The highest BCUT2D eigenvalue weighted by Crippen LogP contribution is 2.20. The summed E-state index contributed by atoms with van der Waals surface area (Å²) in [4.78, 5) is 0.104. The number of sulfonamides is 1. The van der Waals surface area contributed by atoms with E-state index in [2.05, 4.69) is 4.72 Å². The van der Waals surface area contributed by atoms with Crippen molar-refractivity contribution in [1.29, 1.82) is 0 Å². The van der Waals surface area contributed by atoms with Gasteiger partial charge in [-0.15, -0.1) is 0 Å². The molecular formula is C13H22N2O4S2. The Labute approximate surface area is 126 Å². The summed E-state index contributed by atoms with van der Waals surface area (Å²) >= 11 is 0. The molecule has 120 valence electrons. The van der Waals surface area contributed by atoms with Crippen LogP contribution >= 0.6 is 0 Å². The highest BCUT2D eigenvalue weighted by atomic mass is 32.2. The van der Waals surface area contributed by atoms with Crippen molar-refractivity contribution in [1.82, 2.24) is 4.72 Å². The maximum absolute atomic E-state index is 12.4. The first kappa shape index (κ1) is 18.1. The Morgan fingerprint density at radius 2 is 1.43 bits per heavy atom. The maximum atomic E-state index is 12.4. The number of nitrogens with two attached hydrogens (primary N) is 1. The number of sulfone groups is 1. The van der Waals surface area contributed by atoms with E-state index in [1.165, 1.54) is 24.3 Å². The van der Waals surface area contributed by atoms with Gasteiger partial charge in [0.1, 0.15) is 0 Å². The molecule has 1 rings (SSSR count). The van der Waals surface area contributed by atoms with E-state index in [0.717, 1.165) is 6.26 Å². The Balaban J connectivity index is 3.14. The molecule has 0 aliphatic carbocycles. The fraction of sp³-hybridized carbons (Fsp3) is 0.538. The van der Waals surface area contributed by atoms with E-state index in [9.17, 15) is 16.8 Å². The largest absolute Gasteiger partial charge is 0.329 e. The average Bonchev–Trinajstić information content (AvgIpc) is 2.44. The molecule has 0 amide bonds. The Morgan fingerprint density at radius 3 is 1.76 bits per heavy atom. The van der Waals surface area contributed by atoms with Gasteiger partial charge < -0.3 is 5.73 Å². The second-order valence-corrected chi connectivity index (χ2v) is 8.74. The van der Waals surface area contributed by atoms with Crippen molar-refractivity contribution in [3.8, 4) is 0 Å². The van der Waals surface area contributed by atoms with Gasteiger partial charge in [0.2, 0.25) is 10.0 Å². The summed E-state index contributed by atoms with van der Waals surface area (Å²) in [6.07, 6.45) is 2.21. The molecule has 0 aromatic heterocycles. The van der Waals surface area contributed by atoms with Crippen LogP contribution in [0, 0.1) is 0 Å². The van der Waals surface area contributed by atoms with Crippen LogP contribution in [0.5, 0.6) is 0 Å². The van der Waals surface area contributed by atoms with Gasteiger partial charge in [-0.1, -0.05) is 13.8 Å². The summed E-state index contributed by atoms with van der Waals surface area (Å²) in [7, 11) is -7.09. The minimum absolute atomic E-state index is 0.0228. The van der Waals surface area contributed by atoms with Crippen LogP contribution in [-0.2, 0) is 19.9 Å². The fourth-order valence-corrected chi connectivity index (χ4v) is 4.12. The Bertz CT molecular complexity index is 667. The zero-order chi connectivity index (χ0) is 16.3. The molecule has 0 saturated heterocycles. The van der Waals surface area contributed by atoms with Crippen LogP contribution in [0.3, 0.4) is 0 Å². The molecular weight excluding hydrogens is 312 g/mol. The molecule has 1 aromatic rings. The first-order valence-electron chi connectivity index (χ1n) is 6.64. The number of hydrogen-bond donors (Lipinski definition) is 2. The van der Waals surface area contributed by atoms with E-state index >= 15 is 0 Å². The average molecular weight is 334 g/mol. The lowest BCUT2D eigenvalue weighted by molar-refractivity contribution is 0.363. The molecule has 0 heterocycles. The quantitative estimate of drug-likeness (QED) is 0.770. The summed E-state index contributed by atoms with van der Waals surface area (Å²) in [6.45, 7) is 3.93. The van der Waals surface area contributed by atoms with Crippen molar-refractivity contribution in [3.63, 3.8) is 0 Å². The number of nitrogens with one attached hydrogen (secondary N) is 1. The van der Waals surface area contributed by atoms with Crippen LogP contribution in [0.4, 0.5) is 0 Å². The molecule has 6 nitrogen and oxygen atoms in total. The predicted octanol–water partition coefficient (Wildman–Crippen LogP) is 0.886. The van der Waals surface area contributed by atoms with Crippen LogP contribution in [0.15, 0.2) is 34.1 Å². The smallest absolute Gasteiger partial charge is 0.241 e.